The largest absolute Gasteiger partial charge is 0.472 e. The van der Waals surface area contributed by atoms with Crippen molar-refractivity contribution in [1.29, 1.82) is 0 Å². The van der Waals surface area contributed by atoms with Gasteiger partial charge in [0.1, 0.15) is 0 Å². The Bertz CT molecular complexity index is 837. The molecule has 6 N–H and O–H groups in total. The summed E-state index contributed by atoms with van der Waals surface area (Å²) in [6.07, 6.45) is 32.4. The first-order valence-corrected chi connectivity index (χ1v) is 19.7. The molecule has 0 aromatic carbocycles. The van der Waals surface area contributed by atoms with Crippen LogP contribution >= 0.6 is 7.82 Å². The van der Waals surface area contributed by atoms with Crippen LogP contribution in [0.4, 0.5) is 0 Å². The van der Waals surface area contributed by atoms with Gasteiger partial charge in [0.25, 0.3) is 0 Å². The van der Waals surface area contributed by atoms with Crippen LogP contribution in [0.25, 0.3) is 0 Å². The average molecular weight is 673 g/mol. The van der Waals surface area contributed by atoms with Crippen LogP contribution in [0.5, 0.6) is 0 Å². The molecule has 0 aromatic heterocycles. The zero-order valence-electron chi connectivity index (χ0n) is 29.2. The molecule has 0 fully saturated rings. The first kappa shape index (κ1) is 44.7. The van der Waals surface area contributed by atoms with E-state index in [1.54, 1.807) is 6.08 Å². The molecular weight excluding hydrogens is 603 g/mol. The van der Waals surface area contributed by atoms with E-state index < -0.39 is 38.6 Å². The molecule has 0 bridgehead atoms. The molecular formula is C36H69N2O7P. The number of rotatable bonds is 33. The summed E-state index contributed by atoms with van der Waals surface area (Å²) in [5.41, 5.74) is 5.33. The van der Waals surface area contributed by atoms with Crippen molar-refractivity contribution in [3.8, 4) is 0 Å². The summed E-state index contributed by atoms with van der Waals surface area (Å²) >= 11 is 0. The number of allylic oxidation sites excluding steroid dienone is 5. The molecule has 0 aliphatic rings. The number of aliphatic hydroxyl groups excluding tert-OH is 2. The highest BCUT2D eigenvalue weighted by atomic mass is 31.2. The van der Waals surface area contributed by atoms with E-state index in [9.17, 15) is 24.5 Å². The number of hydrogen-bond acceptors (Lipinski definition) is 7. The van der Waals surface area contributed by atoms with Gasteiger partial charge >= 0.3 is 7.82 Å². The predicted octanol–water partition coefficient (Wildman–Crippen LogP) is 8.19. The number of hydrogen-bond donors (Lipinski definition) is 5. The number of aliphatic hydroxyl groups is 2. The van der Waals surface area contributed by atoms with Crippen molar-refractivity contribution in [2.75, 3.05) is 19.8 Å². The molecule has 10 heteroatoms. The number of nitrogens with one attached hydrogen (secondary N) is 1. The van der Waals surface area contributed by atoms with Gasteiger partial charge in [-0.05, 0) is 57.8 Å². The topological polar surface area (TPSA) is 151 Å². The molecule has 0 rings (SSSR count). The Morgan fingerprint density at radius 3 is 1.83 bits per heavy atom. The minimum Gasteiger partial charge on any atom is -0.393 e. The summed E-state index contributed by atoms with van der Waals surface area (Å²) in [4.78, 5) is 22.6. The van der Waals surface area contributed by atoms with Crippen LogP contribution in [0.15, 0.2) is 36.5 Å². The summed E-state index contributed by atoms with van der Waals surface area (Å²) in [6, 6.07) is -1.00. The monoisotopic (exact) mass is 672 g/mol. The lowest BCUT2D eigenvalue weighted by Crippen LogP contribution is -2.46. The van der Waals surface area contributed by atoms with Crippen LogP contribution in [0.1, 0.15) is 149 Å². The van der Waals surface area contributed by atoms with Crippen molar-refractivity contribution in [3.05, 3.63) is 36.5 Å². The van der Waals surface area contributed by atoms with Crippen molar-refractivity contribution < 1.29 is 33.5 Å². The maximum Gasteiger partial charge on any atom is 0.472 e. The molecule has 0 aliphatic heterocycles. The fourth-order valence-corrected chi connectivity index (χ4v) is 5.71. The van der Waals surface area contributed by atoms with E-state index in [1.807, 2.05) is 6.08 Å². The highest BCUT2D eigenvalue weighted by Gasteiger charge is 2.27. The van der Waals surface area contributed by atoms with Crippen molar-refractivity contribution in [2.24, 2.45) is 5.73 Å². The van der Waals surface area contributed by atoms with Gasteiger partial charge in [0.15, 0.2) is 0 Å². The molecule has 0 heterocycles. The summed E-state index contributed by atoms with van der Waals surface area (Å²) in [7, 11) is -4.40. The van der Waals surface area contributed by atoms with Crippen LogP contribution in [0.3, 0.4) is 0 Å². The number of phosphoric ester groups is 1. The van der Waals surface area contributed by atoms with Crippen molar-refractivity contribution in [3.63, 3.8) is 0 Å². The Hall–Kier alpha value is -1.32. The third-order valence-electron chi connectivity index (χ3n) is 7.74. The quantitative estimate of drug-likeness (QED) is 0.0266. The van der Waals surface area contributed by atoms with Crippen LogP contribution in [0.2, 0.25) is 0 Å². The summed E-state index contributed by atoms with van der Waals surface area (Å²) < 4.78 is 21.9. The molecule has 46 heavy (non-hydrogen) atoms. The second kappa shape index (κ2) is 32.2. The SMILES string of the molecule is CCCCCC/C=C/CC/C=C/C(O)C(COP(=O)(O)OCCN)NC(=O)CC(O)CCCCC/C=C\CCCCCCCCC. The maximum atomic E-state index is 12.7. The zero-order valence-corrected chi connectivity index (χ0v) is 30.1. The molecule has 4 atom stereocenters. The first-order valence-electron chi connectivity index (χ1n) is 18.2. The molecule has 270 valence electrons. The Balaban J connectivity index is 4.49. The predicted molar refractivity (Wildman–Crippen MR) is 190 cm³/mol. The second-order valence-electron chi connectivity index (χ2n) is 12.3. The van der Waals surface area contributed by atoms with Crippen LogP contribution < -0.4 is 11.1 Å². The smallest absolute Gasteiger partial charge is 0.393 e. The molecule has 0 aliphatic carbocycles. The highest BCUT2D eigenvalue weighted by molar-refractivity contribution is 7.47. The molecule has 0 saturated carbocycles. The van der Waals surface area contributed by atoms with Gasteiger partial charge in [0.2, 0.25) is 5.91 Å². The number of nitrogens with two attached hydrogens (primary N) is 1. The average Bonchev–Trinajstić information content (AvgIpc) is 3.03. The minimum absolute atomic E-state index is 0.0422. The highest BCUT2D eigenvalue weighted by Crippen LogP contribution is 2.43. The van der Waals surface area contributed by atoms with Gasteiger partial charge in [-0.15, -0.1) is 0 Å². The number of amides is 1. The maximum absolute atomic E-state index is 12.7. The van der Waals surface area contributed by atoms with Gasteiger partial charge in [-0.1, -0.05) is 121 Å². The number of unbranched alkanes of at least 4 members (excludes halogenated alkanes) is 15. The van der Waals surface area contributed by atoms with E-state index in [1.165, 1.54) is 70.6 Å². The lowest BCUT2D eigenvalue weighted by Gasteiger charge is -2.24. The molecule has 0 radical (unpaired) electrons. The summed E-state index contributed by atoms with van der Waals surface area (Å²) in [6.45, 7) is 3.87. The van der Waals surface area contributed by atoms with Gasteiger partial charge in [-0.25, -0.2) is 4.57 Å². The van der Waals surface area contributed by atoms with Crippen LogP contribution in [-0.4, -0.2) is 59.0 Å². The number of phosphoric acid groups is 1. The van der Waals surface area contributed by atoms with Gasteiger partial charge in [-0.3, -0.25) is 13.8 Å². The van der Waals surface area contributed by atoms with Crippen molar-refractivity contribution in [2.45, 2.75) is 167 Å². The van der Waals surface area contributed by atoms with E-state index in [4.69, 9.17) is 14.8 Å². The van der Waals surface area contributed by atoms with Crippen molar-refractivity contribution >= 4 is 13.7 Å². The molecule has 9 nitrogen and oxygen atoms in total. The summed E-state index contributed by atoms with van der Waals surface area (Å²) in [5, 5.41) is 23.8. The fourth-order valence-electron chi connectivity index (χ4n) is 4.95. The molecule has 0 aromatic rings. The Morgan fingerprint density at radius 1 is 0.739 bits per heavy atom. The van der Waals surface area contributed by atoms with Gasteiger partial charge in [0, 0.05) is 6.54 Å². The van der Waals surface area contributed by atoms with Gasteiger partial charge in [0.05, 0.1) is 37.9 Å². The van der Waals surface area contributed by atoms with Crippen LogP contribution in [0, 0.1) is 0 Å². The standard InChI is InChI=1S/C36H69N2O7P/c1-3-5-7-9-11-13-15-16-17-18-19-21-23-25-27-33(39)31-36(41)38-34(32-45-46(42,43)44-30-29-37)35(40)28-26-24-22-20-14-12-10-8-6-4-2/h14,17-18,20,26,28,33-35,39-40H,3-13,15-16,19,21-25,27,29-32,37H2,1-2H3,(H,38,41)(H,42,43)/b18-17-,20-14+,28-26+. The number of carbonyl (C=O) groups excluding carboxylic acids is 1. The van der Waals surface area contributed by atoms with Crippen LogP contribution in [-0.2, 0) is 18.4 Å². The zero-order chi connectivity index (χ0) is 34.1. The first-order chi connectivity index (χ1) is 22.3. The van der Waals surface area contributed by atoms with Crippen molar-refractivity contribution in [1.82, 2.24) is 5.32 Å². The molecule has 0 spiro atoms. The van der Waals surface area contributed by atoms with Gasteiger partial charge < -0.3 is 26.2 Å². The minimum atomic E-state index is -4.40. The number of carbonyl (C=O) groups is 1. The third-order valence-corrected chi connectivity index (χ3v) is 8.73. The summed E-state index contributed by atoms with van der Waals surface area (Å²) in [5.74, 6) is -0.469. The van der Waals surface area contributed by atoms with E-state index >= 15 is 0 Å². The molecule has 4 unspecified atom stereocenters. The van der Waals surface area contributed by atoms with E-state index in [0.29, 0.717) is 12.8 Å². The Morgan fingerprint density at radius 2 is 1.24 bits per heavy atom. The van der Waals surface area contributed by atoms with Gasteiger partial charge in [-0.2, -0.15) is 0 Å². The van der Waals surface area contributed by atoms with E-state index in [0.717, 1.165) is 44.9 Å². The van der Waals surface area contributed by atoms with E-state index in [-0.39, 0.29) is 19.6 Å². The second-order valence-corrected chi connectivity index (χ2v) is 13.7. The van der Waals surface area contributed by atoms with E-state index in [2.05, 4.69) is 43.5 Å². The fraction of sp³-hybridized carbons (Fsp3) is 0.806. The third kappa shape index (κ3) is 30.0. The normalized spacial score (nSPS) is 15.5. The lowest BCUT2D eigenvalue weighted by molar-refractivity contribution is -0.124. The molecule has 1 amide bonds. The Labute approximate surface area is 281 Å². The Kier molecular flexibility index (Phi) is 31.3. The molecule has 0 saturated heterocycles. The lowest BCUT2D eigenvalue weighted by atomic mass is 10.1.